The number of likely N-dealkylation sites (N-methyl/N-ethyl adjacent to an activating group) is 1. The Morgan fingerprint density at radius 1 is 1.00 bits per heavy atom. The van der Waals surface area contributed by atoms with E-state index in [0.29, 0.717) is 11.3 Å². The van der Waals surface area contributed by atoms with Crippen LogP contribution in [0, 0.1) is 0 Å². The van der Waals surface area contributed by atoms with Crippen molar-refractivity contribution < 1.29 is 23.9 Å². The summed E-state index contributed by atoms with van der Waals surface area (Å²) in [7, 11) is 3.12. The van der Waals surface area contributed by atoms with Gasteiger partial charge in [-0.25, -0.2) is 0 Å². The number of ketones is 1. The fourth-order valence-electron chi connectivity index (χ4n) is 2.83. The number of esters is 1. The second kappa shape index (κ2) is 7.41. The third-order valence-electron chi connectivity index (χ3n) is 4.18. The summed E-state index contributed by atoms with van der Waals surface area (Å²) in [6.45, 7) is -0.453. The third kappa shape index (κ3) is 3.57. The van der Waals surface area contributed by atoms with Gasteiger partial charge in [0.05, 0.1) is 11.3 Å². The van der Waals surface area contributed by atoms with Crippen LogP contribution >= 0.6 is 0 Å². The average molecular weight is 366 g/mol. The van der Waals surface area contributed by atoms with Crippen molar-refractivity contribution in [1.82, 2.24) is 4.90 Å². The Morgan fingerprint density at radius 2 is 1.63 bits per heavy atom. The molecule has 27 heavy (non-hydrogen) atoms. The van der Waals surface area contributed by atoms with Crippen molar-refractivity contribution in [2.75, 3.05) is 25.5 Å². The summed E-state index contributed by atoms with van der Waals surface area (Å²) in [5, 5.41) is 0. The van der Waals surface area contributed by atoms with Crippen LogP contribution < -0.4 is 4.90 Å². The highest BCUT2D eigenvalue weighted by Gasteiger charge is 2.37. The van der Waals surface area contributed by atoms with Crippen LogP contribution in [0.1, 0.15) is 22.0 Å². The summed E-state index contributed by atoms with van der Waals surface area (Å²) < 4.78 is 5.38. The number of carbonyl (C=O) groups is 4. The molecule has 2 amide bonds. The number of hydrogen-bond donors (Lipinski definition) is 0. The van der Waals surface area contributed by atoms with E-state index in [1.165, 1.54) is 11.0 Å². The molecule has 0 N–H and O–H groups in total. The van der Waals surface area contributed by atoms with Gasteiger partial charge in [-0.2, -0.15) is 0 Å². The van der Waals surface area contributed by atoms with E-state index in [9.17, 15) is 19.2 Å². The zero-order valence-corrected chi connectivity index (χ0v) is 14.9. The minimum atomic E-state index is -1.13. The highest BCUT2D eigenvalue weighted by Crippen LogP contribution is 2.28. The molecule has 0 saturated carbocycles. The molecule has 0 bridgehead atoms. The molecule has 7 heteroatoms. The van der Waals surface area contributed by atoms with Gasteiger partial charge in [-0.3, -0.25) is 24.1 Å². The lowest BCUT2D eigenvalue weighted by atomic mass is 10.1. The number of ether oxygens (including phenoxy) is 1. The maximum Gasteiger partial charge on any atom is 0.327 e. The maximum atomic E-state index is 12.5. The van der Waals surface area contributed by atoms with E-state index in [1.807, 2.05) is 0 Å². The highest BCUT2D eigenvalue weighted by molar-refractivity contribution is 6.52. The van der Waals surface area contributed by atoms with Crippen LogP contribution in [0.15, 0.2) is 54.6 Å². The molecule has 0 aromatic heterocycles. The van der Waals surface area contributed by atoms with Crippen molar-refractivity contribution >= 4 is 29.3 Å². The van der Waals surface area contributed by atoms with Crippen LogP contribution in [0.5, 0.6) is 0 Å². The van der Waals surface area contributed by atoms with E-state index in [0.717, 1.165) is 4.90 Å². The number of benzene rings is 2. The topological polar surface area (TPSA) is 84.0 Å². The first kappa shape index (κ1) is 18.3. The van der Waals surface area contributed by atoms with Gasteiger partial charge in [-0.05, 0) is 12.1 Å². The Labute approximate surface area is 156 Å². The van der Waals surface area contributed by atoms with Gasteiger partial charge in [0.1, 0.15) is 6.54 Å². The summed E-state index contributed by atoms with van der Waals surface area (Å²) in [6.07, 6.45) is -1.13. The first-order chi connectivity index (χ1) is 12.9. The molecule has 7 nitrogen and oxygen atoms in total. The van der Waals surface area contributed by atoms with Crippen molar-refractivity contribution in [3.05, 3.63) is 65.7 Å². The summed E-state index contributed by atoms with van der Waals surface area (Å²) in [6, 6.07) is 15.1. The first-order valence-corrected chi connectivity index (χ1v) is 8.31. The maximum absolute atomic E-state index is 12.5. The molecule has 2 aromatic rings. The molecule has 0 fully saturated rings. The smallest absolute Gasteiger partial charge is 0.327 e. The predicted molar refractivity (Wildman–Crippen MR) is 97.1 cm³/mol. The average Bonchev–Trinajstić information content (AvgIpc) is 2.91. The standard InChI is InChI=1S/C20H18N2O5/c1-21(2)20(26)18(13-8-4-3-5-9-13)27-16(23)12-22-15-11-7-6-10-14(15)17(24)19(22)25/h3-11,18H,12H2,1-2H3/t18-/m1/s1. The predicted octanol–water partition coefficient (Wildman–Crippen LogP) is 1.59. The normalized spacial score (nSPS) is 13.9. The van der Waals surface area contributed by atoms with Crippen LogP contribution in [0.4, 0.5) is 5.69 Å². The van der Waals surface area contributed by atoms with Crippen molar-refractivity contribution in [1.29, 1.82) is 0 Å². The van der Waals surface area contributed by atoms with Gasteiger partial charge in [0.15, 0.2) is 0 Å². The van der Waals surface area contributed by atoms with Crippen molar-refractivity contribution in [2.45, 2.75) is 6.10 Å². The first-order valence-electron chi connectivity index (χ1n) is 8.31. The number of fused-ring (bicyclic) bond motifs is 1. The van der Waals surface area contributed by atoms with E-state index < -0.39 is 36.2 Å². The quantitative estimate of drug-likeness (QED) is 0.593. The molecule has 1 aliphatic heterocycles. The van der Waals surface area contributed by atoms with Gasteiger partial charge in [0, 0.05) is 19.7 Å². The Bertz CT molecular complexity index is 908. The fraction of sp³-hybridized carbons (Fsp3) is 0.200. The number of anilines is 1. The van der Waals surface area contributed by atoms with E-state index in [1.54, 1.807) is 62.6 Å². The second-order valence-corrected chi connectivity index (χ2v) is 6.25. The molecule has 1 atom stereocenters. The van der Waals surface area contributed by atoms with Gasteiger partial charge in [-0.1, -0.05) is 42.5 Å². The van der Waals surface area contributed by atoms with Crippen LogP contribution in [-0.4, -0.2) is 49.1 Å². The number of para-hydroxylation sites is 1. The number of Topliss-reactive ketones (excluding diaryl/α,β-unsaturated/α-hetero) is 1. The summed E-state index contributed by atoms with van der Waals surface area (Å²) in [4.78, 5) is 51.5. The highest BCUT2D eigenvalue weighted by atomic mass is 16.5. The van der Waals surface area contributed by atoms with Gasteiger partial charge >= 0.3 is 5.97 Å². The van der Waals surface area contributed by atoms with Gasteiger partial charge in [0.25, 0.3) is 17.6 Å². The number of carbonyl (C=O) groups excluding carboxylic acids is 4. The van der Waals surface area contributed by atoms with Gasteiger partial charge in [0.2, 0.25) is 6.10 Å². The summed E-state index contributed by atoms with van der Waals surface area (Å²) >= 11 is 0. The molecule has 0 unspecified atom stereocenters. The second-order valence-electron chi connectivity index (χ2n) is 6.25. The van der Waals surface area contributed by atoms with Gasteiger partial charge < -0.3 is 9.64 Å². The molecule has 3 rings (SSSR count). The minimum Gasteiger partial charge on any atom is -0.446 e. The monoisotopic (exact) mass is 366 g/mol. The molecule has 0 aliphatic carbocycles. The van der Waals surface area contributed by atoms with Crippen LogP contribution in [0.2, 0.25) is 0 Å². The van der Waals surface area contributed by atoms with Crippen molar-refractivity contribution in [3.8, 4) is 0 Å². The Hall–Kier alpha value is -3.48. The molecular formula is C20H18N2O5. The lowest BCUT2D eigenvalue weighted by molar-refractivity contribution is -0.158. The Balaban J connectivity index is 1.80. The SMILES string of the molecule is CN(C)C(=O)[C@H](OC(=O)CN1C(=O)C(=O)c2ccccc21)c1ccccc1. The summed E-state index contributed by atoms with van der Waals surface area (Å²) in [5.74, 6) is -2.64. The zero-order valence-electron chi connectivity index (χ0n) is 14.9. The molecule has 0 spiro atoms. The van der Waals surface area contributed by atoms with Crippen molar-refractivity contribution in [2.24, 2.45) is 0 Å². The summed E-state index contributed by atoms with van der Waals surface area (Å²) in [5.41, 5.74) is 1.13. The van der Waals surface area contributed by atoms with E-state index in [-0.39, 0.29) is 5.56 Å². The van der Waals surface area contributed by atoms with E-state index >= 15 is 0 Å². The number of rotatable bonds is 5. The molecule has 0 radical (unpaired) electrons. The molecule has 1 heterocycles. The Morgan fingerprint density at radius 3 is 2.30 bits per heavy atom. The minimum absolute atomic E-state index is 0.249. The number of nitrogens with zero attached hydrogens (tertiary/aromatic N) is 2. The molecule has 138 valence electrons. The largest absolute Gasteiger partial charge is 0.446 e. The molecule has 0 saturated heterocycles. The molecule has 2 aromatic carbocycles. The van der Waals surface area contributed by atoms with Crippen LogP contribution in [0.3, 0.4) is 0 Å². The fourth-order valence-corrected chi connectivity index (χ4v) is 2.83. The van der Waals surface area contributed by atoms with Crippen LogP contribution in [-0.2, 0) is 19.1 Å². The lowest BCUT2D eigenvalue weighted by Gasteiger charge is -2.22. The van der Waals surface area contributed by atoms with E-state index in [4.69, 9.17) is 4.74 Å². The van der Waals surface area contributed by atoms with E-state index in [2.05, 4.69) is 0 Å². The van der Waals surface area contributed by atoms with Crippen molar-refractivity contribution in [3.63, 3.8) is 0 Å². The lowest BCUT2D eigenvalue weighted by Crippen LogP contribution is -2.38. The third-order valence-corrected chi connectivity index (χ3v) is 4.18. The number of hydrogen-bond acceptors (Lipinski definition) is 5. The van der Waals surface area contributed by atoms with Crippen LogP contribution in [0.25, 0.3) is 0 Å². The Kier molecular flexibility index (Phi) is 5.03. The number of amides is 2. The zero-order chi connectivity index (χ0) is 19.6. The van der Waals surface area contributed by atoms with Gasteiger partial charge in [-0.15, -0.1) is 0 Å². The molecule has 1 aliphatic rings. The molecular weight excluding hydrogens is 348 g/mol.